The number of hydrogen-bond acceptors (Lipinski definition) is 5. The largest absolute Gasteiger partial charge is 0.396 e. The summed E-state index contributed by atoms with van der Waals surface area (Å²) in [6.45, 7) is 12.1. The number of hydrogen-bond donors (Lipinski definition) is 3. The number of nitro benzene ring substituents is 1. The fourth-order valence-electron chi connectivity index (χ4n) is 1.18. The lowest BCUT2D eigenvalue weighted by Crippen LogP contribution is -2.01. The van der Waals surface area contributed by atoms with Crippen LogP contribution < -0.4 is 5.32 Å². The van der Waals surface area contributed by atoms with Crippen LogP contribution in [0.3, 0.4) is 0 Å². The SMILES string of the molecule is CC.CCC.CCCO.CNc1cc([N+](=O)[O-])ccc1C(C)=N. The maximum Gasteiger partial charge on any atom is 0.271 e. The third kappa shape index (κ3) is 13.4. The Labute approximate surface area is 140 Å². The van der Waals surface area contributed by atoms with Gasteiger partial charge in [0.05, 0.1) is 4.92 Å². The highest BCUT2D eigenvalue weighted by Crippen LogP contribution is 2.22. The normalized spacial score (nSPS) is 8.17. The van der Waals surface area contributed by atoms with E-state index in [4.69, 9.17) is 10.5 Å². The van der Waals surface area contributed by atoms with Gasteiger partial charge in [-0.25, -0.2) is 0 Å². The second kappa shape index (κ2) is 18.1. The van der Waals surface area contributed by atoms with Gasteiger partial charge in [-0.1, -0.05) is 41.0 Å². The van der Waals surface area contributed by atoms with Crippen molar-refractivity contribution >= 4 is 17.1 Å². The third-order valence-corrected chi connectivity index (χ3v) is 2.11. The fourth-order valence-corrected chi connectivity index (χ4v) is 1.18. The first-order valence-electron chi connectivity index (χ1n) is 8.01. The van der Waals surface area contributed by atoms with Crippen LogP contribution in [0.15, 0.2) is 18.2 Å². The molecule has 1 rings (SSSR count). The number of nitrogens with zero attached hydrogens (tertiary/aromatic N) is 1. The molecule has 0 spiro atoms. The maximum absolute atomic E-state index is 10.5. The van der Waals surface area contributed by atoms with Gasteiger partial charge < -0.3 is 15.8 Å². The average molecular weight is 327 g/mol. The predicted octanol–water partition coefficient (Wildman–Crippen LogP) is 4.86. The van der Waals surface area contributed by atoms with Crippen LogP contribution >= 0.6 is 0 Å². The van der Waals surface area contributed by atoms with Gasteiger partial charge in [-0.3, -0.25) is 10.1 Å². The van der Waals surface area contributed by atoms with Crippen LogP contribution in [0.5, 0.6) is 0 Å². The van der Waals surface area contributed by atoms with Crippen LogP contribution in [-0.4, -0.2) is 29.4 Å². The number of benzene rings is 1. The molecule has 0 unspecified atom stereocenters. The van der Waals surface area contributed by atoms with Gasteiger partial charge in [0.1, 0.15) is 0 Å². The minimum absolute atomic E-state index is 0.0272. The van der Waals surface area contributed by atoms with Crippen molar-refractivity contribution < 1.29 is 10.0 Å². The number of nitro groups is 1. The lowest BCUT2D eigenvalue weighted by Gasteiger charge is -2.06. The van der Waals surface area contributed by atoms with E-state index < -0.39 is 4.92 Å². The molecule has 0 fully saturated rings. The summed E-state index contributed by atoms with van der Waals surface area (Å²) in [5.41, 5.74) is 1.69. The first-order chi connectivity index (χ1) is 10.9. The Bertz CT molecular complexity index is 433. The smallest absolute Gasteiger partial charge is 0.271 e. The van der Waals surface area contributed by atoms with Crippen LogP contribution in [0.25, 0.3) is 0 Å². The molecule has 6 heteroatoms. The summed E-state index contributed by atoms with van der Waals surface area (Å²) in [5.74, 6) is 0. The number of nitrogens with one attached hydrogen (secondary N) is 2. The molecule has 0 heterocycles. The molecular formula is C17H33N3O3. The minimum Gasteiger partial charge on any atom is -0.396 e. The summed E-state index contributed by atoms with van der Waals surface area (Å²) in [5, 5.41) is 28.6. The van der Waals surface area contributed by atoms with Gasteiger partial charge in [-0.15, -0.1) is 0 Å². The molecule has 0 aliphatic carbocycles. The van der Waals surface area contributed by atoms with Gasteiger partial charge in [0.2, 0.25) is 0 Å². The van der Waals surface area contributed by atoms with Crippen LogP contribution in [-0.2, 0) is 0 Å². The monoisotopic (exact) mass is 327 g/mol. The summed E-state index contributed by atoms with van der Waals surface area (Å²) in [4.78, 5) is 10.0. The minimum atomic E-state index is -0.454. The molecule has 0 radical (unpaired) electrons. The Balaban J connectivity index is -0.000000372. The molecule has 0 aromatic heterocycles. The number of rotatable bonds is 4. The average Bonchev–Trinajstić information content (AvgIpc) is 2.56. The van der Waals surface area contributed by atoms with E-state index in [-0.39, 0.29) is 5.69 Å². The van der Waals surface area contributed by atoms with E-state index in [1.165, 1.54) is 18.6 Å². The molecule has 0 aliphatic rings. The van der Waals surface area contributed by atoms with Crippen molar-refractivity contribution in [3.63, 3.8) is 0 Å². The van der Waals surface area contributed by atoms with E-state index in [0.29, 0.717) is 23.6 Å². The Hall–Kier alpha value is -1.95. The summed E-state index contributed by atoms with van der Waals surface area (Å²) in [6, 6.07) is 4.40. The molecule has 0 saturated heterocycles. The van der Waals surface area contributed by atoms with E-state index in [9.17, 15) is 10.1 Å². The molecule has 134 valence electrons. The van der Waals surface area contributed by atoms with Crippen molar-refractivity contribution in [3.8, 4) is 0 Å². The van der Waals surface area contributed by atoms with E-state index in [2.05, 4.69) is 19.2 Å². The zero-order valence-electron chi connectivity index (χ0n) is 15.6. The van der Waals surface area contributed by atoms with Crippen molar-refractivity contribution in [3.05, 3.63) is 33.9 Å². The first kappa shape index (κ1) is 26.0. The number of non-ortho nitro benzene ring substituents is 1. The molecule has 0 aliphatic heterocycles. The van der Waals surface area contributed by atoms with Crippen LogP contribution in [0.2, 0.25) is 0 Å². The molecule has 0 atom stereocenters. The summed E-state index contributed by atoms with van der Waals surface area (Å²) in [7, 11) is 1.67. The highest BCUT2D eigenvalue weighted by atomic mass is 16.6. The molecular weight excluding hydrogens is 294 g/mol. The van der Waals surface area contributed by atoms with E-state index >= 15 is 0 Å². The predicted molar refractivity (Wildman–Crippen MR) is 99.8 cm³/mol. The Morgan fingerprint density at radius 2 is 1.74 bits per heavy atom. The standard InChI is InChI=1S/C9H11N3O2.C3H8O.C3H8.C2H6/c1-6(10)8-4-3-7(12(13)14)5-9(8)11-2;1-2-3-4;1-3-2;1-2/h3-5,10-11H,1-2H3;4H,2-3H2,1H3;3H2,1-2H3;1-2H3. The Kier molecular flexibility index (Phi) is 20.4. The van der Waals surface area contributed by atoms with Crippen molar-refractivity contribution in [2.75, 3.05) is 19.0 Å². The van der Waals surface area contributed by atoms with Gasteiger partial charge in [-0.05, 0) is 19.4 Å². The maximum atomic E-state index is 10.5. The number of aliphatic hydroxyl groups is 1. The Morgan fingerprint density at radius 1 is 1.30 bits per heavy atom. The van der Waals surface area contributed by atoms with E-state index in [0.717, 1.165) is 6.42 Å². The van der Waals surface area contributed by atoms with Crippen molar-refractivity contribution in [1.82, 2.24) is 0 Å². The highest BCUT2D eigenvalue weighted by Gasteiger charge is 2.10. The molecule has 1 aromatic carbocycles. The number of aliphatic hydroxyl groups excluding tert-OH is 1. The van der Waals surface area contributed by atoms with Gasteiger partial charge in [0.25, 0.3) is 5.69 Å². The molecule has 6 nitrogen and oxygen atoms in total. The summed E-state index contributed by atoms with van der Waals surface area (Å²) in [6.07, 6.45) is 2.12. The lowest BCUT2D eigenvalue weighted by molar-refractivity contribution is -0.384. The van der Waals surface area contributed by atoms with Crippen LogP contribution in [0.1, 0.15) is 59.9 Å². The van der Waals surface area contributed by atoms with Gasteiger partial charge in [0, 0.05) is 42.7 Å². The van der Waals surface area contributed by atoms with Gasteiger partial charge in [0.15, 0.2) is 0 Å². The molecule has 3 N–H and O–H groups in total. The van der Waals surface area contributed by atoms with E-state index in [1.54, 1.807) is 20.0 Å². The van der Waals surface area contributed by atoms with Crippen LogP contribution in [0.4, 0.5) is 11.4 Å². The first-order valence-corrected chi connectivity index (χ1v) is 8.01. The van der Waals surface area contributed by atoms with Gasteiger partial charge >= 0.3 is 0 Å². The third-order valence-electron chi connectivity index (χ3n) is 2.11. The van der Waals surface area contributed by atoms with Gasteiger partial charge in [-0.2, -0.15) is 0 Å². The summed E-state index contributed by atoms with van der Waals surface area (Å²) >= 11 is 0. The quantitative estimate of drug-likeness (QED) is 0.418. The molecule has 1 aromatic rings. The second-order valence-corrected chi connectivity index (χ2v) is 4.29. The fraction of sp³-hybridized carbons (Fsp3) is 0.588. The Morgan fingerprint density at radius 3 is 2.00 bits per heavy atom. The zero-order chi connectivity index (χ0) is 18.8. The lowest BCUT2D eigenvalue weighted by atomic mass is 10.1. The summed E-state index contributed by atoms with van der Waals surface area (Å²) < 4.78 is 0. The van der Waals surface area contributed by atoms with Crippen molar-refractivity contribution in [2.45, 2.75) is 54.4 Å². The van der Waals surface area contributed by atoms with Crippen molar-refractivity contribution in [2.24, 2.45) is 0 Å². The van der Waals surface area contributed by atoms with Crippen LogP contribution in [0, 0.1) is 15.5 Å². The molecule has 0 bridgehead atoms. The topological polar surface area (TPSA) is 99.2 Å². The highest BCUT2D eigenvalue weighted by molar-refractivity contribution is 6.01. The molecule has 0 saturated carbocycles. The molecule has 23 heavy (non-hydrogen) atoms. The zero-order valence-corrected chi connectivity index (χ0v) is 15.6. The number of anilines is 1. The second-order valence-electron chi connectivity index (χ2n) is 4.29. The van der Waals surface area contributed by atoms with E-state index in [1.807, 2.05) is 20.8 Å². The van der Waals surface area contributed by atoms with Crippen molar-refractivity contribution in [1.29, 1.82) is 5.41 Å². The molecule has 0 amide bonds.